The van der Waals surface area contributed by atoms with Crippen molar-refractivity contribution in [2.45, 2.75) is 37.5 Å². The molecule has 1 aromatic rings. The first-order valence-corrected chi connectivity index (χ1v) is 6.68. The van der Waals surface area contributed by atoms with Gasteiger partial charge in [-0.2, -0.15) is 0 Å². The molecule has 2 aliphatic carbocycles. The average molecular weight is 232 g/mol. The van der Waals surface area contributed by atoms with E-state index in [-0.39, 0.29) is 12.0 Å². The molecule has 0 aromatic heterocycles. The Labute approximate surface area is 102 Å². The van der Waals surface area contributed by atoms with Crippen molar-refractivity contribution in [1.82, 2.24) is 0 Å². The van der Waals surface area contributed by atoms with Gasteiger partial charge in [0.2, 0.25) is 0 Å². The molecule has 0 aliphatic heterocycles. The molecule has 0 spiro atoms. The van der Waals surface area contributed by atoms with Crippen LogP contribution in [-0.2, 0) is 5.41 Å². The van der Waals surface area contributed by atoms with Crippen LogP contribution in [0.1, 0.15) is 37.7 Å². The number of phenols is 1. The topological polar surface area (TPSA) is 40.5 Å². The minimum Gasteiger partial charge on any atom is -0.508 e. The van der Waals surface area contributed by atoms with Crippen molar-refractivity contribution >= 4 is 0 Å². The number of benzene rings is 1. The van der Waals surface area contributed by atoms with Crippen LogP contribution >= 0.6 is 0 Å². The van der Waals surface area contributed by atoms with Gasteiger partial charge in [-0.3, -0.25) is 0 Å². The molecular formula is C15H20O2. The molecule has 3 rings (SSSR count). The van der Waals surface area contributed by atoms with Crippen molar-refractivity contribution in [3.63, 3.8) is 0 Å². The Bertz CT molecular complexity index is 409. The maximum absolute atomic E-state index is 9.64. The number of aliphatic hydroxyl groups excluding tert-OH is 1. The van der Waals surface area contributed by atoms with Crippen LogP contribution in [0, 0.1) is 11.8 Å². The van der Waals surface area contributed by atoms with Gasteiger partial charge < -0.3 is 10.2 Å². The summed E-state index contributed by atoms with van der Waals surface area (Å²) in [4.78, 5) is 0. The van der Waals surface area contributed by atoms with Crippen molar-refractivity contribution in [1.29, 1.82) is 0 Å². The van der Waals surface area contributed by atoms with Gasteiger partial charge in [-0.1, -0.05) is 25.0 Å². The van der Waals surface area contributed by atoms with Crippen molar-refractivity contribution < 1.29 is 10.2 Å². The first kappa shape index (κ1) is 11.1. The second-order valence-electron chi connectivity index (χ2n) is 5.66. The Kier molecular flexibility index (Phi) is 2.62. The predicted octanol–water partition coefficient (Wildman–Crippen LogP) is 2.83. The lowest BCUT2D eigenvalue weighted by Crippen LogP contribution is -2.21. The lowest BCUT2D eigenvalue weighted by Gasteiger charge is -2.25. The van der Waals surface area contributed by atoms with Gasteiger partial charge in [0.1, 0.15) is 5.75 Å². The Balaban J connectivity index is 1.95. The summed E-state index contributed by atoms with van der Waals surface area (Å²) < 4.78 is 0. The standard InChI is InChI=1S/C15H20O2/c16-10-13-9-15(13,11-4-1-2-5-11)12-6-3-7-14(17)8-12/h3,6-8,11,13,16-17H,1-2,4-5,9-10H2. The summed E-state index contributed by atoms with van der Waals surface area (Å²) in [5.41, 5.74) is 1.41. The molecule has 2 N–H and O–H groups in total. The summed E-state index contributed by atoms with van der Waals surface area (Å²) >= 11 is 0. The van der Waals surface area contributed by atoms with Gasteiger partial charge in [0, 0.05) is 12.0 Å². The molecule has 2 nitrogen and oxygen atoms in total. The number of aliphatic hydroxyl groups is 1. The highest BCUT2D eigenvalue weighted by Gasteiger charge is 2.59. The largest absolute Gasteiger partial charge is 0.508 e. The summed E-state index contributed by atoms with van der Waals surface area (Å²) in [7, 11) is 0. The third kappa shape index (κ3) is 1.66. The van der Waals surface area contributed by atoms with Crippen molar-refractivity contribution in [2.75, 3.05) is 6.61 Å². The molecule has 0 heterocycles. The number of phenolic OH excluding ortho intramolecular Hbond substituents is 1. The van der Waals surface area contributed by atoms with Crippen molar-refractivity contribution in [2.24, 2.45) is 11.8 Å². The van der Waals surface area contributed by atoms with Gasteiger partial charge in [0.25, 0.3) is 0 Å². The second-order valence-corrected chi connectivity index (χ2v) is 5.66. The van der Waals surface area contributed by atoms with Gasteiger partial charge in [-0.15, -0.1) is 0 Å². The number of hydrogen-bond acceptors (Lipinski definition) is 2. The smallest absolute Gasteiger partial charge is 0.115 e. The Morgan fingerprint density at radius 2 is 2.00 bits per heavy atom. The first-order valence-electron chi connectivity index (χ1n) is 6.68. The molecule has 2 fully saturated rings. The summed E-state index contributed by atoms with van der Waals surface area (Å²) in [6.07, 6.45) is 6.31. The van der Waals surface area contributed by atoms with E-state index in [0.29, 0.717) is 17.6 Å². The second kappa shape index (κ2) is 4.02. The van der Waals surface area contributed by atoms with Crippen LogP contribution in [-0.4, -0.2) is 16.8 Å². The molecule has 2 atom stereocenters. The Hall–Kier alpha value is -1.02. The maximum Gasteiger partial charge on any atom is 0.115 e. The molecule has 0 amide bonds. The number of rotatable bonds is 3. The highest BCUT2D eigenvalue weighted by molar-refractivity contribution is 5.39. The summed E-state index contributed by atoms with van der Waals surface area (Å²) in [6, 6.07) is 7.66. The monoisotopic (exact) mass is 232 g/mol. The summed E-state index contributed by atoms with van der Waals surface area (Å²) in [6.45, 7) is 0.284. The molecule has 0 bridgehead atoms. The van der Waals surface area contributed by atoms with E-state index in [1.54, 1.807) is 6.07 Å². The molecule has 2 heteroatoms. The molecule has 1 aromatic carbocycles. The van der Waals surface area contributed by atoms with Crippen LogP contribution < -0.4 is 0 Å². The van der Waals surface area contributed by atoms with E-state index in [2.05, 4.69) is 6.07 Å². The zero-order valence-corrected chi connectivity index (χ0v) is 10.1. The van der Waals surface area contributed by atoms with Crippen LogP contribution in [0.4, 0.5) is 0 Å². The molecular weight excluding hydrogens is 212 g/mol. The van der Waals surface area contributed by atoms with Crippen LogP contribution in [0.5, 0.6) is 5.75 Å². The van der Waals surface area contributed by atoms with Crippen molar-refractivity contribution in [3.8, 4) is 5.75 Å². The summed E-state index contributed by atoms with van der Waals surface area (Å²) in [5.74, 6) is 1.47. The minimum atomic E-state index is 0.171. The van der Waals surface area contributed by atoms with E-state index in [1.807, 2.05) is 12.1 Å². The highest BCUT2D eigenvalue weighted by Crippen LogP contribution is 2.62. The minimum absolute atomic E-state index is 0.171. The van der Waals surface area contributed by atoms with E-state index in [4.69, 9.17) is 0 Å². The third-order valence-electron chi connectivity index (χ3n) is 4.84. The SMILES string of the molecule is OCC1CC1(c1cccc(O)c1)C1CCCC1. The quantitative estimate of drug-likeness (QED) is 0.841. The molecule has 92 valence electrons. The first-order chi connectivity index (χ1) is 8.27. The zero-order valence-electron chi connectivity index (χ0n) is 10.1. The Morgan fingerprint density at radius 1 is 1.24 bits per heavy atom. The third-order valence-corrected chi connectivity index (χ3v) is 4.84. The van der Waals surface area contributed by atoms with Gasteiger partial charge in [-0.25, -0.2) is 0 Å². The van der Waals surface area contributed by atoms with Gasteiger partial charge in [0.15, 0.2) is 0 Å². The number of aromatic hydroxyl groups is 1. The molecule has 0 radical (unpaired) electrons. The van der Waals surface area contributed by atoms with Gasteiger partial charge >= 0.3 is 0 Å². The lowest BCUT2D eigenvalue weighted by atomic mass is 9.79. The fourth-order valence-electron chi connectivity index (χ4n) is 3.90. The van der Waals surface area contributed by atoms with Crippen molar-refractivity contribution in [3.05, 3.63) is 29.8 Å². The average Bonchev–Trinajstić information content (AvgIpc) is 2.83. The highest BCUT2D eigenvalue weighted by atomic mass is 16.3. The van der Waals surface area contributed by atoms with Crippen LogP contribution in [0.25, 0.3) is 0 Å². The van der Waals surface area contributed by atoms with E-state index in [0.717, 1.165) is 6.42 Å². The van der Waals surface area contributed by atoms with Gasteiger partial charge in [0.05, 0.1) is 0 Å². The van der Waals surface area contributed by atoms with Crippen LogP contribution in [0.15, 0.2) is 24.3 Å². The zero-order chi connectivity index (χ0) is 11.9. The van der Waals surface area contributed by atoms with Crippen LogP contribution in [0.2, 0.25) is 0 Å². The van der Waals surface area contributed by atoms with E-state index in [9.17, 15) is 10.2 Å². The molecule has 17 heavy (non-hydrogen) atoms. The Morgan fingerprint density at radius 3 is 2.59 bits per heavy atom. The normalized spacial score (nSPS) is 32.9. The molecule has 2 aliphatic rings. The predicted molar refractivity (Wildman–Crippen MR) is 66.9 cm³/mol. The van der Waals surface area contributed by atoms with Gasteiger partial charge in [-0.05, 0) is 48.8 Å². The maximum atomic E-state index is 9.64. The fraction of sp³-hybridized carbons (Fsp3) is 0.600. The number of hydrogen-bond donors (Lipinski definition) is 2. The van der Waals surface area contributed by atoms with E-state index in [1.165, 1.54) is 31.2 Å². The van der Waals surface area contributed by atoms with E-state index < -0.39 is 0 Å². The molecule has 2 unspecified atom stereocenters. The molecule has 0 saturated heterocycles. The van der Waals surface area contributed by atoms with Crippen LogP contribution in [0.3, 0.4) is 0 Å². The lowest BCUT2D eigenvalue weighted by molar-refractivity contribution is 0.246. The summed E-state index contributed by atoms with van der Waals surface area (Å²) in [5, 5.41) is 19.1. The molecule has 2 saturated carbocycles. The van der Waals surface area contributed by atoms with E-state index >= 15 is 0 Å². The fourth-order valence-corrected chi connectivity index (χ4v) is 3.90.